The van der Waals surface area contributed by atoms with E-state index in [4.69, 9.17) is 0 Å². The largest absolute Gasteiger partial charge is 0.355 e. The lowest BCUT2D eigenvalue weighted by molar-refractivity contribution is 0.637. The Hall–Kier alpha value is -1.89. The standard InChI is InChI=1S/C12H14N4/c1-7(2)4-10-9(5-13)12-11(16-10)6-14-8(3)15-12/h6-7,16H,4H2,1-3H3. The molecule has 0 spiro atoms. The third-order valence-corrected chi connectivity index (χ3v) is 2.46. The number of hydrogen-bond donors (Lipinski definition) is 1. The Balaban J connectivity index is 2.63. The van der Waals surface area contributed by atoms with Gasteiger partial charge in [-0.1, -0.05) is 13.8 Å². The molecular formula is C12H14N4. The highest BCUT2D eigenvalue weighted by Gasteiger charge is 2.13. The van der Waals surface area contributed by atoms with Crippen LogP contribution < -0.4 is 0 Å². The fourth-order valence-corrected chi connectivity index (χ4v) is 1.80. The van der Waals surface area contributed by atoms with Gasteiger partial charge in [-0.15, -0.1) is 0 Å². The van der Waals surface area contributed by atoms with E-state index in [9.17, 15) is 5.26 Å². The van der Waals surface area contributed by atoms with Crippen molar-refractivity contribution in [3.05, 3.63) is 23.3 Å². The second kappa shape index (κ2) is 3.93. The minimum absolute atomic E-state index is 0.509. The van der Waals surface area contributed by atoms with Crippen molar-refractivity contribution in [1.29, 1.82) is 5.26 Å². The molecule has 4 heteroatoms. The normalized spacial score (nSPS) is 10.9. The molecule has 0 saturated heterocycles. The number of aryl methyl sites for hydroxylation is 1. The SMILES string of the molecule is Cc1ncc2[nH]c(CC(C)C)c(C#N)c2n1. The van der Waals surface area contributed by atoms with Crippen molar-refractivity contribution < 1.29 is 0 Å². The molecule has 0 aliphatic carbocycles. The molecular weight excluding hydrogens is 200 g/mol. The number of fused-ring (bicyclic) bond motifs is 1. The number of rotatable bonds is 2. The van der Waals surface area contributed by atoms with E-state index in [0.717, 1.165) is 23.1 Å². The quantitative estimate of drug-likeness (QED) is 0.834. The molecule has 4 nitrogen and oxygen atoms in total. The summed E-state index contributed by atoms with van der Waals surface area (Å²) in [5.41, 5.74) is 3.21. The molecule has 16 heavy (non-hydrogen) atoms. The molecule has 2 aromatic rings. The Morgan fingerprint density at radius 3 is 2.88 bits per heavy atom. The Morgan fingerprint density at radius 2 is 2.25 bits per heavy atom. The van der Waals surface area contributed by atoms with Gasteiger partial charge in [-0.2, -0.15) is 5.26 Å². The molecule has 2 heterocycles. The van der Waals surface area contributed by atoms with Gasteiger partial charge in [0.25, 0.3) is 0 Å². The lowest BCUT2D eigenvalue weighted by Crippen LogP contribution is -1.96. The number of nitriles is 1. The Morgan fingerprint density at radius 1 is 1.50 bits per heavy atom. The van der Waals surface area contributed by atoms with Crippen LogP contribution in [-0.4, -0.2) is 15.0 Å². The number of nitrogens with one attached hydrogen (secondary N) is 1. The summed E-state index contributed by atoms with van der Waals surface area (Å²) >= 11 is 0. The summed E-state index contributed by atoms with van der Waals surface area (Å²) in [6, 6.07) is 2.23. The van der Waals surface area contributed by atoms with Crippen LogP contribution in [0.15, 0.2) is 6.20 Å². The van der Waals surface area contributed by atoms with Gasteiger partial charge < -0.3 is 4.98 Å². The van der Waals surface area contributed by atoms with E-state index in [1.54, 1.807) is 6.20 Å². The predicted molar refractivity (Wildman–Crippen MR) is 61.9 cm³/mol. The van der Waals surface area contributed by atoms with Gasteiger partial charge in [-0.05, 0) is 19.3 Å². The second-order valence-electron chi connectivity index (χ2n) is 4.37. The van der Waals surface area contributed by atoms with Crippen LogP contribution >= 0.6 is 0 Å². The van der Waals surface area contributed by atoms with Gasteiger partial charge in [0.15, 0.2) is 0 Å². The zero-order valence-electron chi connectivity index (χ0n) is 9.70. The van der Waals surface area contributed by atoms with Crippen LogP contribution in [0, 0.1) is 24.2 Å². The molecule has 0 saturated carbocycles. The zero-order valence-corrected chi connectivity index (χ0v) is 9.70. The van der Waals surface area contributed by atoms with Crippen LogP contribution in [0.1, 0.15) is 30.9 Å². The number of aromatic nitrogens is 3. The van der Waals surface area contributed by atoms with Crippen molar-refractivity contribution >= 4 is 11.0 Å². The van der Waals surface area contributed by atoms with Crippen LogP contribution in [0.2, 0.25) is 0 Å². The number of aromatic amines is 1. The van der Waals surface area contributed by atoms with Gasteiger partial charge >= 0.3 is 0 Å². The van der Waals surface area contributed by atoms with Crippen LogP contribution in [0.5, 0.6) is 0 Å². The van der Waals surface area contributed by atoms with E-state index in [2.05, 4.69) is 34.9 Å². The monoisotopic (exact) mass is 214 g/mol. The van der Waals surface area contributed by atoms with Crippen molar-refractivity contribution in [1.82, 2.24) is 15.0 Å². The summed E-state index contributed by atoms with van der Waals surface area (Å²) in [4.78, 5) is 11.7. The van der Waals surface area contributed by atoms with E-state index in [1.165, 1.54) is 0 Å². The fourth-order valence-electron chi connectivity index (χ4n) is 1.80. The van der Waals surface area contributed by atoms with Crippen molar-refractivity contribution in [2.45, 2.75) is 27.2 Å². The smallest absolute Gasteiger partial charge is 0.126 e. The maximum atomic E-state index is 9.18. The molecule has 0 aliphatic heterocycles. The summed E-state index contributed by atoms with van der Waals surface area (Å²) in [6.07, 6.45) is 2.60. The Bertz CT molecular complexity index is 560. The van der Waals surface area contributed by atoms with Crippen molar-refractivity contribution in [2.75, 3.05) is 0 Å². The van der Waals surface area contributed by atoms with Crippen LogP contribution in [0.4, 0.5) is 0 Å². The highest BCUT2D eigenvalue weighted by molar-refractivity contribution is 5.82. The third-order valence-electron chi connectivity index (χ3n) is 2.46. The first-order chi connectivity index (χ1) is 7.61. The van der Waals surface area contributed by atoms with Crippen LogP contribution in [0.3, 0.4) is 0 Å². The molecule has 0 fully saturated rings. The first kappa shape index (κ1) is 10.6. The van der Waals surface area contributed by atoms with Crippen LogP contribution in [-0.2, 0) is 6.42 Å². The van der Waals surface area contributed by atoms with Gasteiger partial charge in [0, 0.05) is 5.69 Å². The summed E-state index contributed by atoms with van der Waals surface area (Å²) in [6.45, 7) is 6.09. The molecule has 0 unspecified atom stereocenters. The number of nitrogens with zero attached hydrogens (tertiary/aromatic N) is 3. The van der Waals surface area contributed by atoms with Gasteiger partial charge in [-0.25, -0.2) is 9.97 Å². The van der Waals surface area contributed by atoms with Crippen molar-refractivity contribution in [2.24, 2.45) is 5.92 Å². The average Bonchev–Trinajstić information content (AvgIpc) is 2.53. The summed E-state index contributed by atoms with van der Waals surface area (Å²) in [5, 5.41) is 9.18. The van der Waals surface area contributed by atoms with Crippen LogP contribution in [0.25, 0.3) is 11.0 Å². The fraction of sp³-hybridized carbons (Fsp3) is 0.417. The molecule has 0 atom stereocenters. The average molecular weight is 214 g/mol. The number of hydrogen-bond acceptors (Lipinski definition) is 3. The first-order valence-corrected chi connectivity index (χ1v) is 5.36. The van der Waals surface area contributed by atoms with E-state index in [-0.39, 0.29) is 0 Å². The van der Waals surface area contributed by atoms with E-state index >= 15 is 0 Å². The highest BCUT2D eigenvalue weighted by atomic mass is 14.9. The molecule has 0 radical (unpaired) electrons. The summed E-state index contributed by atoms with van der Waals surface area (Å²) in [7, 11) is 0. The van der Waals surface area contributed by atoms with E-state index < -0.39 is 0 Å². The van der Waals surface area contributed by atoms with Gasteiger partial charge in [0.2, 0.25) is 0 Å². The lowest BCUT2D eigenvalue weighted by Gasteiger charge is -2.01. The minimum Gasteiger partial charge on any atom is -0.355 e. The number of H-pyrrole nitrogens is 1. The Labute approximate surface area is 94.3 Å². The molecule has 1 N–H and O–H groups in total. The first-order valence-electron chi connectivity index (χ1n) is 5.36. The van der Waals surface area contributed by atoms with E-state index in [1.807, 2.05) is 6.92 Å². The lowest BCUT2D eigenvalue weighted by atomic mass is 10.1. The second-order valence-corrected chi connectivity index (χ2v) is 4.37. The van der Waals surface area contributed by atoms with Gasteiger partial charge in [0.05, 0.1) is 17.3 Å². The molecule has 2 aromatic heterocycles. The molecule has 0 aromatic carbocycles. The predicted octanol–water partition coefficient (Wildman–Crippen LogP) is 2.34. The summed E-state index contributed by atoms with van der Waals surface area (Å²) in [5.74, 6) is 1.20. The summed E-state index contributed by atoms with van der Waals surface area (Å²) < 4.78 is 0. The molecule has 0 aliphatic rings. The Kier molecular flexibility index (Phi) is 2.61. The van der Waals surface area contributed by atoms with Crippen molar-refractivity contribution in [3.63, 3.8) is 0 Å². The van der Waals surface area contributed by atoms with Gasteiger partial charge in [-0.3, -0.25) is 0 Å². The van der Waals surface area contributed by atoms with E-state index in [0.29, 0.717) is 17.3 Å². The highest BCUT2D eigenvalue weighted by Crippen LogP contribution is 2.21. The topological polar surface area (TPSA) is 65.4 Å². The molecule has 2 rings (SSSR count). The zero-order chi connectivity index (χ0) is 11.7. The van der Waals surface area contributed by atoms with Crippen molar-refractivity contribution in [3.8, 4) is 6.07 Å². The maximum absolute atomic E-state index is 9.18. The molecule has 82 valence electrons. The molecule has 0 bridgehead atoms. The third kappa shape index (κ3) is 1.76. The maximum Gasteiger partial charge on any atom is 0.126 e. The molecule has 0 amide bonds. The van der Waals surface area contributed by atoms with Gasteiger partial charge in [0.1, 0.15) is 17.4 Å². The minimum atomic E-state index is 0.509.